The minimum absolute atomic E-state index is 0.148. The predicted molar refractivity (Wildman–Crippen MR) is 165 cm³/mol. The van der Waals surface area contributed by atoms with Gasteiger partial charge >= 0.3 is 0 Å². The Morgan fingerprint density at radius 3 is 2.46 bits per heavy atom. The number of aliphatic hydroxyl groups is 3. The number of fused-ring (bicyclic) bond motifs is 3. The normalized spacial score (nSPS) is 40.2. The molecule has 1 amide bonds. The fourth-order valence-electron chi connectivity index (χ4n) is 6.25. The van der Waals surface area contributed by atoms with Gasteiger partial charge in [-0.25, -0.2) is 0 Å². The smallest absolute Gasteiger partial charge is 0.240 e. The Bertz CT molecular complexity index is 795. The monoisotopic (exact) mass is 599 g/mol. The first-order chi connectivity index (χ1) is 19.7. The fraction of sp³-hybridized carbons (Fsp3) is 0.903. The van der Waals surface area contributed by atoms with Gasteiger partial charge in [-0.2, -0.15) is 0 Å². The van der Waals surface area contributed by atoms with Crippen LogP contribution in [0.25, 0.3) is 0 Å². The zero-order valence-electron chi connectivity index (χ0n) is 25.9. The summed E-state index contributed by atoms with van der Waals surface area (Å²) in [6.45, 7) is 15.1. The molecule has 41 heavy (non-hydrogen) atoms. The molecule has 4 fully saturated rings. The van der Waals surface area contributed by atoms with Crippen LogP contribution in [-0.2, 0) is 14.3 Å². The summed E-state index contributed by atoms with van der Waals surface area (Å²) in [5, 5.41) is 38.5. The summed E-state index contributed by atoms with van der Waals surface area (Å²) < 4.78 is 12.2. The van der Waals surface area contributed by atoms with Crippen molar-refractivity contribution < 1.29 is 29.6 Å². The van der Waals surface area contributed by atoms with Crippen molar-refractivity contribution in [3.05, 3.63) is 12.2 Å². The number of likely N-dealkylation sites (tertiary alicyclic amines) is 1. The van der Waals surface area contributed by atoms with Crippen LogP contribution in [0.5, 0.6) is 0 Å². The first-order valence-corrected chi connectivity index (χ1v) is 17.1. The van der Waals surface area contributed by atoms with Crippen LogP contribution in [0, 0.1) is 17.8 Å². The molecule has 238 valence electrons. The lowest BCUT2D eigenvalue weighted by Gasteiger charge is -2.44. The third kappa shape index (κ3) is 9.89. The molecule has 5 heterocycles. The Labute approximate surface area is 252 Å². The van der Waals surface area contributed by atoms with E-state index in [1.165, 1.54) is 24.6 Å². The van der Waals surface area contributed by atoms with Gasteiger partial charge in [-0.1, -0.05) is 53.2 Å². The molecule has 5 aliphatic rings. The van der Waals surface area contributed by atoms with Gasteiger partial charge in [-0.05, 0) is 62.9 Å². The van der Waals surface area contributed by atoms with Crippen LogP contribution < -0.4 is 10.6 Å². The molecule has 5 N–H and O–H groups in total. The Morgan fingerprint density at radius 2 is 1.76 bits per heavy atom. The SMILES string of the molecule is CC.CC(C)C.O=C(N[C@@H]1C/C=C\C(CN2CCCC2)CSC2OC1C(O)C(O)C2O)C1NCC2CCCCOC21. The number of amides is 1. The van der Waals surface area contributed by atoms with Crippen molar-refractivity contribution in [1.29, 1.82) is 0 Å². The van der Waals surface area contributed by atoms with E-state index in [1.807, 2.05) is 13.8 Å². The molecule has 4 saturated heterocycles. The van der Waals surface area contributed by atoms with Crippen molar-refractivity contribution in [1.82, 2.24) is 15.5 Å². The standard InChI is InChI=1S/C25H41N3O6S.C4H10.C2H6/c29-19-20(30)23-17(27-24(32)18-22-16(12-26-18)7-1-4-11-33-22)8-5-6-15(13-28-9-2-3-10-28)14-35-25(34-23)21(19)31;1-4(2)3;1-2/h5-6,15-23,25-26,29-31H,1-4,7-14H2,(H,27,32);4H,1-3H3;1-2H3/b6-5-;;/t15?,16?,17-,18?,19?,20?,21?,22?,23?,25?;;/m1../s1. The number of hydrogen-bond acceptors (Lipinski definition) is 9. The number of aliphatic hydroxyl groups excluding tert-OH is 3. The number of nitrogens with one attached hydrogen (secondary N) is 2. The molecule has 0 aromatic rings. The fourth-order valence-corrected chi connectivity index (χ4v) is 7.46. The number of carbonyl (C=O) groups is 1. The average Bonchev–Trinajstić information content (AvgIpc) is 3.55. The second kappa shape index (κ2) is 17.5. The van der Waals surface area contributed by atoms with Crippen LogP contribution in [0.15, 0.2) is 12.2 Å². The lowest BCUT2D eigenvalue weighted by molar-refractivity contribution is -0.205. The Kier molecular flexibility index (Phi) is 14.9. The van der Waals surface area contributed by atoms with Crippen LogP contribution >= 0.6 is 11.8 Å². The highest BCUT2D eigenvalue weighted by molar-refractivity contribution is 7.99. The molecule has 10 atom stereocenters. The highest BCUT2D eigenvalue weighted by atomic mass is 32.2. The maximum Gasteiger partial charge on any atom is 0.240 e. The molecule has 9 nitrogen and oxygen atoms in total. The zero-order valence-corrected chi connectivity index (χ0v) is 26.7. The van der Waals surface area contributed by atoms with Crippen molar-refractivity contribution in [2.24, 2.45) is 17.8 Å². The first kappa shape index (κ1) is 34.8. The number of rotatable bonds is 4. The summed E-state index contributed by atoms with van der Waals surface area (Å²) in [5.74, 6) is 2.04. The van der Waals surface area contributed by atoms with Crippen molar-refractivity contribution in [3.8, 4) is 0 Å². The maximum atomic E-state index is 13.4. The molecule has 0 saturated carbocycles. The molecular formula is C31H57N3O6S. The van der Waals surface area contributed by atoms with Crippen LogP contribution in [-0.4, -0.2) is 113 Å². The van der Waals surface area contributed by atoms with Gasteiger partial charge in [0.1, 0.15) is 35.9 Å². The van der Waals surface area contributed by atoms with Gasteiger partial charge in [0.2, 0.25) is 5.91 Å². The Hall–Kier alpha value is -0.720. The number of thioether (sulfide) groups is 1. The zero-order chi connectivity index (χ0) is 29.9. The molecule has 5 rings (SSSR count). The first-order valence-electron chi connectivity index (χ1n) is 16.1. The van der Waals surface area contributed by atoms with Gasteiger partial charge < -0.3 is 40.3 Å². The molecule has 0 spiro atoms. The van der Waals surface area contributed by atoms with E-state index in [1.54, 1.807) is 0 Å². The number of nitrogens with zero attached hydrogens (tertiary/aromatic N) is 1. The Morgan fingerprint density at radius 1 is 1.05 bits per heavy atom. The van der Waals surface area contributed by atoms with E-state index in [4.69, 9.17) is 9.47 Å². The molecule has 0 radical (unpaired) electrons. The van der Waals surface area contributed by atoms with E-state index in [2.05, 4.69) is 48.5 Å². The molecule has 0 aliphatic carbocycles. The quantitative estimate of drug-likeness (QED) is 0.310. The molecule has 10 heteroatoms. The minimum atomic E-state index is -1.33. The minimum Gasteiger partial charge on any atom is -0.388 e. The van der Waals surface area contributed by atoms with E-state index in [9.17, 15) is 20.1 Å². The molecule has 9 unspecified atom stereocenters. The van der Waals surface area contributed by atoms with E-state index in [-0.39, 0.29) is 17.9 Å². The lowest BCUT2D eigenvalue weighted by Crippen LogP contribution is -2.64. The van der Waals surface area contributed by atoms with Crippen molar-refractivity contribution in [2.75, 3.05) is 38.5 Å². The van der Waals surface area contributed by atoms with Gasteiger partial charge in [0.05, 0.1) is 12.1 Å². The van der Waals surface area contributed by atoms with Gasteiger partial charge in [-0.15, -0.1) is 11.8 Å². The van der Waals surface area contributed by atoms with Gasteiger partial charge in [0.25, 0.3) is 0 Å². The van der Waals surface area contributed by atoms with Gasteiger partial charge in [0.15, 0.2) is 0 Å². The van der Waals surface area contributed by atoms with Gasteiger partial charge in [-0.3, -0.25) is 4.79 Å². The summed E-state index contributed by atoms with van der Waals surface area (Å²) in [4.78, 5) is 15.9. The Balaban J connectivity index is 0.000000710. The van der Waals surface area contributed by atoms with Gasteiger partial charge in [0, 0.05) is 25.4 Å². The van der Waals surface area contributed by atoms with E-state index >= 15 is 0 Å². The van der Waals surface area contributed by atoms with E-state index in [0.29, 0.717) is 18.9 Å². The summed E-state index contributed by atoms with van der Waals surface area (Å²) in [6.07, 6.45) is 5.64. The topological polar surface area (TPSA) is 124 Å². The third-order valence-corrected chi connectivity index (χ3v) is 9.59. The summed E-state index contributed by atoms with van der Waals surface area (Å²) in [7, 11) is 0. The summed E-state index contributed by atoms with van der Waals surface area (Å²) in [5.41, 5.74) is -0.662. The van der Waals surface area contributed by atoms with Crippen molar-refractivity contribution in [2.45, 2.75) is 121 Å². The second-order valence-corrected chi connectivity index (χ2v) is 13.7. The second-order valence-electron chi connectivity index (χ2n) is 12.5. The largest absolute Gasteiger partial charge is 0.388 e. The summed E-state index contributed by atoms with van der Waals surface area (Å²) >= 11 is 1.48. The maximum absolute atomic E-state index is 13.4. The van der Waals surface area contributed by atoms with E-state index < -0.39 is 41.9 Å². The van der Waals surface area contributed by atoms with Crippen molar-refractivity contribution >= 4 is 17.7 Å². The number of ether oxygens (including phenoxy) is 2. The van der Waals surface area contributed by atoms with Crippen molar-refractivity contribution in [3.63, 3.8) is 0 Å². The molecule has 5 aliphatic heterocycles. The predicted octanol–water partition coefficient (Wildman–Crippen LogP) is 2.53. The highest BCUT2D eigenvalue weighted by Gasteiger charge is 2.48. The number of carbonyl (C=O) groups excluding carboxylic acids is 1. The molecule has 0 aromatic carbocycles. The average molecular weight is 600 g/mol. The summed E-state index contributed by atoms with van der Waals surface area (Å²) in [6, 6.07) is -0.974. The van der Waals surface area contributed by atoms with Crippen LogP contribution in [0.4, 0.5) is 0 Å². The third-order valence-electron chi connectivity index (χ3n) is 8.25. The van der Waals surface area contributed by atoms with E-state index in [0.717, 1.165) is 57.1 Å². The molecule has 0 aromatic heterocycles. The lowest BCUT2D eigenvalue weighted by atomic mass is 9.91. The van der Waals surface area contributed by atoms with Crippen LogP contribution in [0.3, 0.4) is 0 Å². The van der Waals surface area contributed by atoms with Crippen LogP contribution in [0.2, 0.25) is 0 Å². The van der Waals surface area contributed by atoms with Crippen LogP contribution in [0.1, 0.15) is 73.1 Å². The highest BCUT2D eigenvalue weighted by Crippen LogP contribution is 2.34. The molecular weight excluding hydrogens is 542 g/mol. The number of hydrogen-bond donors (Lipinski definition) is 5. The molecule has 2 bridgehead atoms.